The molecule has 0 spiro atoms. The Labute approximate surface area is 170 Å². The minimum absolute atomic E-state index is 0.113. The molecule has 0 aliphatic carbocycles. The Balaban J connectivity index is 0. The minimum Gasteiger partial charge on any atom is -0.463 e. The summed E-state index contributed by atoms with van der Waals surface area (Å²) in [6, 6.07) is -0.712. The maximum atomic E-state index is 12.6. The number of amides is 2. The Morgan fingerprint density at radius 3 is 2.00 bits per heavy atom. The van der Waals surface area contributed by atoms with Crippen LogP contribution < -0.4 is 5.32 Å². The molecule has 0 aromatic carbocycles. The second-order valence-corrected chi connectivity index (χ2v) is 7.90. The van der Waals surface area contributed by atoms with E-state index in [0.717, 1.165) is 0 Å². The molecule has 1 N–H and O–H groups in total. The summed E-state index contributed by atoms with van der Waals surface area (Å²) in [5, 5.41) is 2.62. The zero-order valence-corrected chi connectivity index (χ0v) is 19.3. The molecule has 0 rings (SSSR count). The van der Waals surface area contributed by atoms with E-state index in [1.54, 1.807) is 47.7 Å². The van der Waals surface area contributed by atoms with Crippen LogP contribution in [0.5, 0.6) is 0 Å². The highest BCUT2D eigenvalue weighted by Gasteiger charge is 2.28. The predicted octanol–water partition coefficient (Wildman–Crippen LogP) is 3.92. The van der Waals surface area contributed by atoms with Gasteiger partial charge in [-0.25, -0.2) is 9.59 Å². The first-order chi connectivity index (χ1) is 12.8. The van der Waals surface area contributed by atoms with Gasteiger partial charge in [-0.2, -0.15) is 0 Å². The smallest absolute Gasteiger partial charge is 0.408 e. The van der Waals surface area contributed by atoms with Crippen molar-refractivity contribution in [3.8, 4) is 0 Å². The summed E-state index contributed by atoms with van der Waals surface area (Å²) in [5.74, 6) is -0.776. The van der Waals surface area contributed by atoms with Gasteiger partial charge in [-0.3, -0.25) is 4.79 Å². The van der Waals surface area contributed by atoms with E-state index in [-0.39, 0.29) is 18.4 Å². The van der Waals surface area contributed by atoms with E-state index in [4.69, 9.17) is 9.47 Å². The average molecular weight is 401 g/mol. The Hall–Kier alpha value is -2.05. The highest BCUT2D eigenvalue weighted by atomic mass is 16.6. The Morgan fingerprint density at radius 1 is 1.11 bits per heavy atom. The molecule has 164 valence electrons. The number of ether oxygens (including phenoxy) is 2. The SMILES string of the molecule is CCC.CCOC(=O)/C(C)=C/CN(C)C(=O)C(NC(=O)OC(C)(C)C)C(C)C. The molecule has 7 nitrogen and oxygen atoms in total. The molecule has 0 aromatic heterocycles. The lowest BCUT2D eigenvalue weighted by Crippen LogP contribution is -2.51. The fourth-order valence-electron chi connectivity index (χ4n) is 1.88. The average Bonchev–Trinajstić information content (AvgIpc) is 2.55. The highest BCUT2D eigenvalue weighted by Crippen LogP contribution is 2.10. The van der Waals surface area contributed by atoms with Gasteiger partial charge in [0.2, 0.25) is 5.91 Å². The molecule has 28 heavy (non-hydrogen) atoms. The van der Waals surface area contributed by atoms with Gasteiger partial charge < -0.3 is 19.7 Å². The van der Waals surface area contributed by atoms with Crippen LogP contribution in [0.2, 0.25) is 0 Å². The number of nitrogens with zero attached hydrogens (tertiary/aromatic N) is 1. The number of esters is 1. The van der Waals surface area contributed by atoms with Crippen LogP contribution in [0.15, 0.2) is 11.6 Å². The van der Waals surface area contributed by atoms with Crippen molar-refractivity contribution in [3.05, 3.63) is 11.6 Å². The molecule has 0 aromatic rings. The number of alkyl carbamates (subject to hydrolysis) is 1. The summed E-state index contributed by atoms with van der Waals surface area (Å²) in [6.07, 6.45) is 2.24. The van der Waals surface area contributed by atoms with Crippen molar-refractivity contribution >= 4 is 18.0 Å². The molecule has 1 atom stereocenters. The third kappa shape index (κ3) is 13.2. The molecule has 0 heterocycles. The van der Waals surface area contributed by atoms with E-state index >= 15 is 0 Å². The largest absolute Gasteiger partial charge is 0.463 e. The Morgan fingerprint density at radius 2 is 1.61 bits per heavy atom. The number of hydrogen-bond acceptors (Lipinski definition) is 5. The summed E-state index contributed by atoms with van der Waals surface area (Å²) in [5.41, 5.74) is -0.206. The maximum absolute atomic E-state index is 12.6. The third-order valence-corrected chi connectivity index (χ3v) is 3.25. The molecule has 2 amide bonds. The lowest BCUT2D eigenvalue weighted by molar-refractivity contribution is -0.138. The lowest BCUT2D eigenvalue weighted by Gasteiger charge is -2.28. The Kier molecular flexibility index (Phi) is 14.1. The summed E-state index contributed by atoms with van der Waals surface area (Å²) in [4.78, 5) is 37.6. The zero-order valence-electron chi connectivity index (χ0n) is 19.3. The predicted molar refractivity (Wildman–Crippen MR) is 112 cm³/mol. The normalized spacial score (nSPS) is 12.5. The topological polar surface area (TPSA) is 84.9 Å². The number of rotatable bonds is 7. The van der Waals surface area contributed by atoms with Gasteiger partial charge >= 0.3 is 12.1 Å². The maximum Gasteiger partial charge on any atom is 0.408 e. The molecule has 7 heteroatoms. The summed E-state index contributed by atoms with van der Waals surface area (Å²) in [6.45, 7) is 17.1. The minimum atomic E-state index is -0.712. The second-order valence-electron chi connectivity index (χ2n) is 7.90. The van der Waals surface area contributed by atoms with Crippen molar-refractivity contribution in [2.24, 2.45) is 5.92 Å². The van der Waals surface area contributed by atoms with Gasteiger partial charge in [0.25, 0.3) is 0 Å². The number of carbonyl (C=O) groups is 3. The van der Waals surface area contributed by atoms with Crippen LogP contribution in [-0.4, -0.2) is 54.7 Å². The molecule has 0 aliphatic heterocycles. The van der Waals surface area contributed by atoms with Crippen LogP contribution in [0.3, 0.4) is 0 Å². The second kappa shape index (κ2) is 14.0. The quantitative estimate of drug-likeness (QED) is 0.517. The van der Waals surface area contributed by atoms with E-state index in [1.807, 2.05) is 13.8 Å². The first-order valence-corrected chi connectivity index (χ1v) is 9.88. The van der Waals surface area contributed by atoms with Crippen molar-refractivity contribution in [2.75, 3.05) is 20.2 Å². The van der Waals surface area contributed by atoms with E-state index in [1.165, 1.54) is 11.3 Å². The molecule has 0 radical (unpaired) electrons. The molecule has 1 unspecified atom stereocenters. The van der Waals surface area contributed by atoms with Crippen LogP contribution >= 0.6 is 0 Å². The van der Waals surface area contributed by atoms with E-state index < -0.39 is 23.7 Å². The van der Waals surface area contributed by atoms with Gasteiger partial charge in [-0.1, -0.05) is 40.2 Å². The van der Waals surface area contributed by atoms with E-state index in [9.17, 15) is 14.4 Å². The molecule has 0 saturated carbocycles. The van der Waals surface area contributed by atoms with Crippen molar-refractivity contribution < 1.29 is 23.9 Å². The van der Waals surface area contributed by atoms with Gasteiger partial charge in [-0.05, 0) is 40.5 Å². The van der Waals surface area contributed by atoms with Crippen LogP contribution in [0.4, 0.5) is 4.79 Å². The fraction of sp³-hybridized carbons (Fsp3) is 0.762. The molecule has 0 aliphatic rings. The number of nitrogens with one attached hydrogen (secondary N) is 1. The van der Waals surface area contributed by atoms with Gasteiger partial charge in [0, 0.05) is 19.2 Å². The van der Waals surface area contributed by atoms with Gasteiger partial charge in [0.15, 0.2) is 0 Å². The summed E-state index contributed by atoms with van der Waals surface area (Å²) >= 11 is 0. The zero-order chi connectivity index (χ0) is 22.5. The van der Waals surface area contributed by atoms with Crippen LogP contribution in [0, 0.1) is 5.92 Å². The first-order valence-electron chi connectivity index (χ1n) is 9.88. The van der Waals surface area contributed by atoms with Crippen molar-refractivity contribution in [1.82, 2.24) is 10.2 Å². The summed E-state index contributed by atoms with van der Waals surface area (Å²) < 4.78 is 10.1. The Bertz CT molecular complexity index is 521. The van der Waals surface area contributed by atoms with Gasteiger partial charge in [0.1, 0.15) is 11.6 Å². The summed E-state index contributed by atoms with van der Waals surface area (Å²) in [7, 11) is 1.61. The van der Waals surface area contributed by atoms with Gasteiger partial charge in [-0.15, -0.1) is 0 Å². The molecular weight excluding hydrogens is 360 g/mol. The van der Waals surface area contributed by atoms with Crippen LogP contribution in [0.25, 0.3) is 0 Å². The van der Waals surface area contributed by atoms with Crippen LogP contribution in [0.1, 0.15) is 68.7 Å². The molecule has 0 saturated heterocycles. The number of likely N-dealkylation sites (N-methyl/N-ethyl adjacent to an activating group) is 1. The lowest BCUT2D eigenvalue weighted by atomic mass is 10.0. The van der Waals surface area contributed by atoms with Crippen molar-refractivity contribution in [3.63, 3.8) is 0 Å². The first kappa shape index (κ1) is 28.2. The number of carbonyl (C=O) groups excluding carboxylic acids is 3. The monoisotopic (exact) mass is 400 g/mol. The van der Waals surface area contributed by atoms with Crippen LogP contribution in [-0.2, 0) is 19.1 Å². The van der Waals surface area contributed by atoms with E-state index in [0.29, 0.717) is 12.2 Å². The highest BCUT2D eigenvalue weighted by molar-refractivity contribution is 5.88. The molecular formula is C21H40N2O5. The van der Waals surface area contributed by atoms with Crippen molar-refractivity contribution in [1.29, 1.82) is 0 Å². The molecule has 0 fully saturated rings. The number of hydrogen-bond donors (Lipinski definition) is 1. The van der Waals surface area contributed by atoms with Crippen molar-refractivity contribution in [2.45, 2.75) is 80.4 Å². The standard InChI is InChI=1S/C18H32N2O5.C3H8/c1-9-24-16(22)13(4)10-11-20(8)15(21)14(12(2)3)19-17(23)25-18(5,6)7;1-3-2/h10,12,14H,9,11H2,1-8H3,(H,19,23);3H2,1-2H3/b13-10+;. The van der Waals surface area contributed by atoms with E-state index in [2.05, 4.69) is 19.2 Å². The van der Waals surface area contributed by atoms with Gasteiger partial charge in [0.05, 0.1) is 6.61 Å². The third-order valence-electron chi connectivity index (χ3n) is 3.25. The molecule has 0 bridgehead atoms. The fourth-order valence-corrected chi connectivity index (χ4v) is 1.88.